The van der Waals surface area contributed by atoms with E-state index >= 15 is 0 Å². The minimum absolute atomic E-state index is 0.266. The fraction of sp³-hybridized carbons (Fsp3) is 1.00. The van der Waals surface area contributed by atoms with Crippen LogP contribution < -0.4 is 0 Å². The summed E-state index contributed by atoms with van der Waals surface area (Å²) in [7, 11) is 0. The molecule has 3 heteroatoms. The molecule has 0 fully saturated rings. The fourth-order valence-electron chi connectivity index (χ4n) is 0.969. The Morgan fingerprint density at radius 1 is 1.18 bits per heavy atom. The summed E-state index contributed by atoms with van der Waals surface area (Å²) in [6.45, 7) is 8.16. The van der Waals surface area contributed by atoms with Gasteiger partial charge in [-0.25, -0.2) is 0 Å². The van der Waals surface area contributed by atoms with Crippen molar-refractivity contribution >= 4 is 0 Å². The lowest BCUT2D eigenvalue weighted by Gasteiger charge is -2.27. The highest BCUT2D eigenvalue weighted by Gasteiger charge is 2.15. The van der Waals surface area contributed by atoms with Crippen LogP contribution in [0.2, 0.25) is 0 Å². The Balaban J connectivity index is 4.03. The van der Waals surface area contributed by atoms with Crippen molar-refractivity contribution in [2.75, 3.05) is 0 Å². The van der Waals surface area contributed by atoms with Crippen molar-refractivity contribution in [3.8, 4) is 0 Å². The first-order valence-corrected chi connectivity index (χ1v) is 4.28. The van der Waals surface area contributed by atoms with Crippen LogP contribution in [0.4, 0.5) is 0 Å². The Kier molecular flexibility index (Phi) is 4.83. The van der Waals surface area contributed by atoms with Crippen molar-refractivity contribution < 1.29 is 0 Å². The molecule has 0 saturated heterocycles. The lowest BCUT2D eigenvalue weighted by Crippen LogP contribution is -2.34. The van der Waals surface area contributed by atoms with Crippen LogP contribution in [0.1, 0.15) is 40.5 Å². The Bertz CT molecular complexity index is 107. The largest absolute Gasteiger partial charge is 0.255 e. The van der Waals surface area contributed by atoms with Gasteiger partial charge < -0.3 is 0 Å². The highest BCUT2D eigenvalue weighted by molar-refractivity contribution is 4.67. The maximum absolute atomic E-state index is 10.4. The molecule has 2 atom stereocenters. The third-order valence-corrected chi connectivity index (χ3v) is 2.18. The molecule has 11 heavy (non-hydrogen) atoms. The van der Waals surface area contributed by atoms with E-state index in [1.165, 1.54) is 0 Å². The van der Waals surface area contributed by atoms with Gasteiger partial charge in [-0.05, 0) is 26.7 Å². The number of nitrogens with zero attached hydrogens (tertiary/aromatic N) is 2. The maximum Gasteiger partial charge on any atom is 0.0529 e. The zero-order chi connectivity index (χ0) is 8.85. The second kappa shape index (κ2) is 5.10. The molecule has 0 aliphatic rings. The van der Waals surface area contributed by atoms with Gasteiger partial charge in [0.1, 0.15) is 0 Å². The van der Waals surface area contributed by atoms with Crippen LogP contribution in [-0.2, 0) is 0 Å². The molecular formula is C8H18N2O. The van der Waals surface area contributed by atoms with Crippen LogP contribution in [0.3, 0.4) is 0 Å². The Labute approximate surface area is 68.7 Å². The van der Waals surface area contributed by atoms with E-state index in [4.69, 9.17) is 0 Å². The number of hydrogen-bond acceptors (Lipinski definition) is 2. The second-order valence-corrected chi connectivity index (χ2v) is 2.98. The molecule has 0 bridgehead atoms. The van der Waals surface area contributed by atoms with Gasteiger partial charge in [0.05, 0.1) is 5.29 Å². The van der Waals surface area contributed by atoms with Crippen molar-refractivity contribution in [3.63, 3.8) is 0 Å². The van der Waals surface area contributed by atoms with Gasteiger partial charge in [0.2, 0.25) is 0 Å². The number of rotatable bonds is 5. The third-order valence-electron chi connectivity index (χ3n) is 2.18. The average molecular weight is 158 g/mol. The van der Waals surface area contributed by atoms with E-state index in [1.807, 2.05) is 13.8 Å². The molecule has 0 spiro atoms. The van der Waals surface area contributed by atoms with Gasteiger partial charge in [0.25, 0.3) is 0 Å². The first-order valence-electron chi connectivity index (χ1n) is 4.28. The van der Waals surface area contributed by atoms with E-state index in [0.29, 0.717) is 0 Å². The molecule has 0 saturated carbocycles. The van der Waals surface area contributed by atoms with Crippen LogP contribution in [0, 0.1) is 4.91 Å². The number of hydrogen-bond donors (Lipinski definition) is 0. The van der Waals surface area contributed by atoms with E-state index in [-0.39, 0.29) is 12.1 Å². The first kappa shape index (κ1) is 10.4. The highest BCUT2D eigenvalue weighted by atomic mass is 16.3. The van der Waals surface area contributed by atoms with Gasteiger partial charge >= 0.3 is 0 Å². The van der Waals surface area contributed by atoms with Gasteiger partial charge in [-0.1, -0.05) is 13.8 Å². The van der Waals surface area contributed by atoms with Crippen molar-refractivity contribution in [2.45, 2.75) is 52.6 Å². The maximum atomic E-state index is 10.4. The predicted molar refractivity (Wildman–Crippen MR) is 47.1 cm³/mol. The molecule has 0 aromatic heterocycles. The molecule has 0 aromatic carbocycles. The van der Waals surface area contributed by atoms with Gasteiger partial charge in [-0.2, -0.15) is 0 Å². The van der Waals surface area contributed by atoms with Crippen LogP contribution in [-0.4, -0.2) is 17.1 Å². The molecule has 0 unspecified atom stereocenters. The molecule has 66 valence electrons. The molecule has 0 amide bonds. The third kappa shape index (κ3) is 2.87. The quantitative estimate of drug-likeness (QED) is 0.455. The van der Waals surface area contributed by atoms with Crippen LogP contribution in [0.15, 0.2) is 5.29 Å². The fourth-order valence-corrected chi connectivity index (χ4v) is 0.969. The molecule has 0 aromatic rings. The normalized spacial score (nSPS) is 15.6. The molecule has 3 nitrogen and oxygen atoms in total. The van der Waals surface area contributed by atoms with Crippen LogP contribution >= 0.6 is 0 Å². The monoisotopic (exact) mass is 158 g/mol. The van der Waals surface area contributed by atoms with E-state index in [1.54, 1.807) is 5.01 Å². The Morgan fingerprint density at radius 2 is 1.55 bits per heavy atom. The molecule has 0 radical (unpaired) electrons. The van der Waals surface area contributed by atoms with Crippen molar-refractivity contribution in [3.05, 3.63) is 4.91 Å². The summed E-state index contributed by atoms with van der Waals surface area (Å²) in [6.07, 6.45) is 1.94. The molecule has 0 heterocycles. The van der Waals surface area contributed by atoms with E-state index in [0.717, 1.165) is 12.8 Å². The molecule has 0 rings (SSSR count). The molecular weight excluding hydrogens is 140 g/mol. The molecule has 0 aliphatic heterocycles. The molecule has 0 aliphatic carbocycles. The van der Waals surface area contributed by atoms with Gasteiger partial charge in [-0.3, -0.25) is 5.01 Å². The Hall–Kier alpha value is -0.600. The summed E-state index contributed by atoms with van der Waals surface area (Å²) in [5, 5.41) is 4.65. The topological polar surface area (TPSA) is 32.7 Å². The van der Waals surface area contributed by atoms with Crippen molar-refractivity contribution in [1.82, 2.24) is 5.01 Å². The van der Waals surface area contributed by atoms with Crippen molar-refractivity contribution in [2.24, 2.45) is 5.29 Å². The summed E-state index contributed by atoms with van der Waals surface area (Å²) in [6, 6.07) is 0.532. The van der Waals surface area contributed by atoms with E-state index in [9.17, 15) is 4.91 Å². The second-order valence-electron chi connectivity index (χ2n) is 2.98. The lowest BCUT2D eigenvalue weighted by molar-refractivity contribution is 0.150. The van der Waals surface area contributed by atoms with Crippen molar-refractivity contribution in [1.29, 1.82) is 0 Å². The standard InChI is InChI=1S/C8H18N2O/c1-5-7(3)10(9-11)8(4)6-2/h7-8H,5-6H2,1-4H3/t7-,8+. The summed E-state index contributed by atoms with van der Waals surface area (Å²) in [5.74, 6) is 0. The minimum atomic E-state index is 0.266. The molecule has 0 N–H and O–H groups in total. The summed E-state index contributed by atoms with van der Waals surface area (Å²) < 4.78 is 0. The average Bonchev–Trinajstić information content (AvgIpc) is 2.05. The van der Waals surface area contributed by atoms with Gasteiger partial charge in [0, 0.05) is 12.1 Å². The Morgan fingerprint density at radius 3 is 1.73 bits per heavy atom. The summed E-state index contributed by atoms with van der Waals surface area (Å²) in [4.78, 5) is 10.4. The zero-order valence-electron chi connectivity index (χ0n) is 7.87. The first-order chi connectivity index (χ1) is 5.17. The van der Waals surface area contributed by atoms with Crippen LogP contribution in [0.5, 0.6) is 0 Å². The van der Waals surface area contributed by atoms with Crippen LogP contribution in [0.25, 0.3) is 0 Å². The van der Waals surface area contributed by atoms with E-state index in [2.05, 4.69) is 19.1 Å². The van der Waals surface area contributed by atoms with E-state index < -0.39 is 0 Å². The highest BCUT2D eigenvalue weighted by Crippen LogP contribution is 2.10. The lowest BCUT2D eigenvalue weighted by atomic mass is 10.2. The predicted octanol–water partition coefficient (Wildman–Crippen LogP) is 2.57. The smallest absolute Gasteiger partial charge is 0.0529 e. The van der Waals surface area contributed by atoms with Gasteiger partial charge in [0.15, 0.2) is 0 Å². The number of nitroso groups, excluding NO2 is 1. The minimum Gasteiger partial charge on any atom is -0.255 e. The SMILES string of the molecule is CC[C@@H](C)N(N=O)[C@@H](C)CC. The summed E-state index contributed by atoms with van der Waals surface area (Å²) >= 11 is 0. The zero-order valence-corrected chi connectivity index (χ0v) is 7.87. The van der Waals surface area contributed by atoms with Gasteiger partial charge in [-0.15, -0.1) is 4.91 Å². The summed E-state index contributed by atoms with van der Waals surface area (Å²) in [5.41, 5.74) is 0.